The van der Waals surface area contributed by atoms with Gasteiger partial charge in [0.05, 0.1) is 12.4 Å². The largest absolute Gasteiger partial charge is 0.356 e. The van der Waals surface area contributed by atoms with Gasteiger partial charge in [-0.05, 0) is 36.5 Å². The van der Waals surface area contributed by atoms with Crippen LogP contribution < -0.4 is 5.32 Å². The van der Waals surface area contributed by atoms with E-state index in [1.54, 1.807) is 19.0 Å². The molecule has 1 amide bonds. The number of nitrogens with one attached hydrogen (secondary N) is 1. The van der Waals surface area contributed by atoms with Gasteiger partial charge in [-0.15, -0.1) is 24.0 Å². The van der Waals surface area contributed by atoms with Crippen LogP contribution in [0.3, 0.4) is 0 Å². The molecule has 1 aromatic heterocycles. The van der Waals surface area contributed by atoms with Crippen LogP contribution in [0, 0.1) is 5.92 Å². The zero-order valence-corrected chi connectivity index (χ0v) is 20.6. The predicted octanol–water partition coefficient (Wildman–Crippen LogP) is 2.90. The summed E-state index contributed by atoms with van der Waals surface area (Å²) >= 11 is 0. The number of benzene rings is 1. The highest BCUT2D eigenvalue weighted by Gasteiger charge is 2.28. The number of piperidine rings is 1. The lowest BCUT2D eigenvalue weighted by Crippen LogP contribution is -2.49. The van der Waals surface area contributed by atoms with E-state index in [-0.39, 0.29) is 29.9 Å². The van der Waals surface area contributed by atoms with E-state index >= 15 is 0 Å². The van der Waals surface area contributed by atoms with E-state index in [0.29, 0.717) is 12.0 Å². The van der Waals surface area contributed by atoms with Gasteiger partial charge in [-0.2, -0.15) is 0 Å². The Morgan fingerprint density at radius 2 is 2.17 bits per heavy atom. The van der Waals surface area contributed by atoms with E-state index in [4.69, 9.17) is 0 Å². The number of aliphatic imine (C=N–C) groups is 1. The molecule has 1 fully saturated rings. The van der Waals surface area contributed by atoms with Crippen molar-refractivity contribution in [1.82, 2.24) is 24.7 Å². The highest BCUT2D eigenvalue weighted by molar-refractivity contribution is 14.0. The average Bonchev–Trinajstić information content (AvgIpc) is 3.26. The molecule has 1 saturated heterocycles. The molecule has 1 aliphatic rings. The minimum atomic E-state index is 0. The number of hydrogen-bond acceptors (Lipinski definition) is 3. The summed E-state index contributed by atoms with van der Waals surface area (Å²) in [5, 5.41) is 3.50. The topological polar surface area (TPSA) is 65.8 Å². The quantitative estimate of drug-likeness (QED) is 0.371. The fraction of sp³-hybridized carbons (Fsp3) is 0.500. The molecule has 7 nitrogen and oxygen atoms in total. The molecule has 0 bridgehead atoms. The van der Waals surface area contributed by atoms with Crippen molar-refractivity contribution in [3.8, 4) is 0 Å². The van der Waals surface area contributed by atoms with Gasteiger partial charge in [0.2, 0.25) is 0 Å². The van der Waals surface area contributed by atoms with Crippen molar-refractivity contribution in [2.24, 2.45) is 10.9 Å². The predicted molar refractivity (Wildman–Crippen MR) is 132 cm³/mol. The lowest BCUT2D eigenvalue weighted by atomic mass is 9.93. The number of imidazole rings is 1. The first-order chi connectivity index (χ1) is 14.0. The van der Waals surface area contributed by atoms with Crippen LogP contribution >= 0.6 is 24.0 Å². The number of hydrogen-bond donors (Lipinski definition) is 1. The maximum atomic E-state index is 12.2. The Balaban J connectivity index is 0.00000320. The first kappa shape index (κ1) is 24.2. The van der Waals surface area contributed by atoms with Gasteiger partial charge in [0.15, 0.2) is 5.96 Å². The molecule has 0 spiro atoms. The second kappa shape index (κ2) is 11.3. The minimum absolute atomic E-state index is 0. The van der Waals surface area contributed by atoms with Crippen LogP contribution in [0.1, 0.15) is 35.3 Å². The standard InChI is InChI=1S/C22H32N6O.HI/c1-17-9-12-27(15-20(17)28-13-11-24-16-28)22(23-2)25-10-8-18-6-5-7-19(14-18)21(29)26(3)4;/h5-7,11,13-14,16-17,20H,8-10,12,15H2,1-4H3,(H,23,25);1H. The van der Waals surface area contributed by atoms with Crippen LogP contribution in [0.15, 0.2) is 48.0 Å². The van der Waals surface area contributed by atoms with Crippen LogP contribution in [0.25, 0.3) is 0 Å². The Morgan fingerprint density at radius 1 is 1.37 bits per heavy atom. The number of halogens is 1. The third-order valence-electron chi connectivity index (χ3n) is 5.61. The molecule has 0 saturated carbocycles. The zero-order chi connectivity index (χ0) is 20.8. The maximum Gasteiger partial charge on any atom is 0.253 e. The number of rotatable bonds is 5. The SMILES string of the molecule is CN=C(NCCc1cccc(C(=O)N(C)C)c1)N1CCC(C)C(n2ccnc2)C1.I. The Hall–Kier alpha value is -2.10. The van der Waals surface area contributed by atoms with Gasteiger partial charge in [-0.1, -0.05) is 19.1 Å². The van der Waals surface area contributed by atoms with Gasteiger partial charge in [0, 0.05) is 58.7 Å². The molecule has 2 aromatic rings. The Kier molecular flexibility index (Phi) is 9.13. The lowest BCUT2D eigenvalue weighted by Gasteiger charge is -2.39. The van der Waals surface area contributed by atoms with Crippen LogP contribution in [0.4, 0.5) is 0 Å². The van der Waals surface area contributed by atoms with E-state index in [1.807, 2.05) is 44.0 Å². The van der Waals surface area contributed by atoms with Crippen molar-refractivity contribution in [3.63, 3.8) is 0 Å². The van der Waals surface area contributed by atoms with Gasteiger partial charge in [0.1, 0.15) is 0 Å². The van der Waals surface area contributed by atoms with Crippen molar-refractivity contribution >= 4 is 35.8 Å². The molecule has 0 aliphatic carbocycles. The zero-order valence-electron chi connectivity index (χ0n) is 18.3. The highest BCUT2D eigenvalue weighted by atomic mass is 127. The molecule has 1 N–H and O–H groups in total. The van der Waals surface area contributed by atoms with Gasteiger partial charge >= 0.3 is 0 Å². The summed E-state index contributed by atoms with van der Waals surface area (Å²) < 4.78 is 2.21. The summed E-state index contributed by atoms with van der Waals surface area (Å²) in [6.45, 7) is 5.00. The number of guanidine groups is 1. The summed E-state index contributed by atoms with van der Waals surface area (Å²) in [6, 6.07) is 8.25. The smallest absolute Gasteiger partial charge is 0.253 e. The van der Waals surface area contributed by atoms with E-state index < -0.39 is 0 Å². The van der Waals surface area contributed by atoms with Crippen LogP contribution in [0.5, 0.6) is 0 Å². The molecule has 1 aliphatic heterocycles. The number of aromatic nitrogens is 2. The van der Waals surface area contributed by atoms with Crippen LogP contribution in [0.2, 0.25) is 0 Å². The third-order valence-corrected chi connectivity index (χ3v) is 5.61. The van der Waals surface area contributed by atoms with Crippen molar-refractivity contribution in [3.05, 3.63) is 54.1 Å². The molecule has 8 heteroatoms. The van der Waals surface area contributed by atoms with E-state index in [1.165, 1.54) is 0 Å². The number of carbonyl (C=O) groups excluding carboxylic acids is 1. The normalized spacial score (nSPS) is 19.2. The van der Waals surface area contributed by atoms with Gasteiger partial charge in [-0.25, -0.2) is 4.98 Å². The third kappa shape index (κ3) is 5.96. The molecular weight excluding hydrogens is 491 g/mol. The molecule has 2 heterocycles. The van der Waals surface area contributed by atoms with Gasteiger partial charge in [-0.3, -0.25) is 9.79 Å². The Bertz CT molecular complexity index is 836. The Labute approximate surface area is 196 Å². The number of amides is 1. The monoisotopic (exact) mass is 524 g/mol. The summed E-state index contributed by atoms with van der Waals surface area (Å²) in [6.07, 6.45) is 7.75. The maximum absolute atomic E-state index is 12.2. The van der Waals surface area contributed by atoms with Gasteiger partial charge < -0.3 is 19.7 Å². The minimum Gasteiger partial charge on any atom is -0.356 e. The molecule has 1 aromatic carbocycles. The second-order valence-corrected chi connectivity index (χ2v) is 7.91. The van der Waals surface area contributed by atoms with Crippen molar-refractivity contribution in [2.75, 3.05) is 40.8 Å². The number of likely N-dealkylation sites (tertiary alicyclic amines) is 1. The van der Waals surface area contributed by atoms with Crippen molar-refractivity contribution in [1.29, 1.82) is 0 Å². The molecule has 2 unspecified atom stereocenters. The number of nitrogens with zero attached hydrogens (tertiary/aromatic N) is 5. The fourth-order valence-corrected chi connectivity index (χ4v) is 3.86. The van der Waals surface area contributed by atoms with Crippen molar-refractivity contribution in [2.45, 2.75) is 25.8 Å². The molecular formula is C22H33IN6O. The summed E-state index contributed by atoms with van der Waals surface area (Å²) in [5.41, 5.74) is 1.87. The fourth-order valence-electron chi connectivity index (χ4n) is 3.86. The first-order valence-electron chi connectivity index (χ1n) is 10.2. The summed E-state index contributed by atoms with van der Waals surface area (Å²) in [7, 11) is 5.39. The lowest BCUT2D eigenvalue weighted by molar-refractivity contribution is 0.0827. The average molecular weight is 524 g/mol. The van der Waals surface area contributed by atoms with Crippen LogP contribution in [-0.4, -0.2) is 72.0 Å². The van der Waals surface area contributed by atoms with Gasteiger partial charge in [0.25, 0.3) is 5.91 Å². The van der Waals surface area contributed by atoms with E-state index in [2.05, 4.69) is 37.8 Å². The number of carbonyl (C=O) groups is 1. The molecule has 164 valence electrons. The molecule has 3 rings (SSSR count). The molecule has 0 radical (unpaired) electrons. The summed E-state index contributed by atoms with van der Waals surface area (Å²) in [4.78, 5) is 24.8. The van der Waals surface area contributed by atoms with Crippen molar-refractivity contribution < 1.29 is 4.79 Å². The Morgan fingerprint density at radius 3 is 2.83 bits per heavy atom. The summed E-state index contributed by atoms with van der Waals surface area (Å²) in [5.74, 6) is 1.57. The second-order valence-electron chi connectivity index (χ2n) is 7.91. The molecule has 30 heavy (non-hydrogen) atoms. The van der Waals surface area contributed by atoms with E-state index in [0.717, 1.165) is 49.6 Å². The molecule has 2 atom stereocenters. The highest BCUT2D eigenvalue weighted by Crippen LogP contribution is 2.27. The first-order valence-corrected chi connectivity index (χ1v) is 10.2. The van der Waals surface area contributed by atoms with E-state index in [9.17, 15) is 4.79 Å². The van der Waals surface area contributed by atoms with Crippen LogP contribution in [-0.2, 0) is 6.42 Å².